The minimum absolute atomic E-state index is 0.116. The average molecular weight is 463 g/mol. The Morgan fingerprint density at radius 2 is 1.67 bits per heavy atom. The summed E-state index contributed by atoms with van der Waals surface area (Å²) in [5, 5.41) is 5.70. The molecule has 2 N–H and O–H groups in total. The van der Waals surface area contributed by atoms with Gasteiger partial charge in [-0.1, -0.05) is 6.07 Å². The molecule has 0 saturated heterocycles. The lowest BCUT2D eigenvalue weighted by molar-refractivity contribution is 0.262. The Morgan fingerprint density at radius 3 is 2.33 bits per heavy atom. The molecule has 4 rings (SSSR count). The van der Waals surface area contributed by atoms with E-state index in [2.05, 4.69) is 26.7 Å². The van der Waals surface area contributed by atoms with Gasteiger partial charge in [0.1, 0.15) is 6.33 Å². The maximum atomic E-state index is 12.5. The van der Waals surface area contributed by atoms with E-state index in [9.17, 15) is 9.59 Å². The first-order valence-corrected chi connectivity index (χ1v) is 11.6. The number of benzene rings is 2. The van der Waals surface area contributed by atoms with Crippen molar-refractivity contribution in [2.45, 2.75) is 44.4 Å². The third-order valence-corrected chi connectivity index (χ3v) is 6.01. The number of hydrogen-bond donors (Lipinski definition) is 2. The second-order valence-corrected chi connectivity index (χ2v) is 9.23. The van der Waals surface area contributed by atoms with Crippen LogP contribution < -0.4 is 16.2 Å². The van der Waals surface area contributed by atoms with Gasteiger partial charge in [0.15, 0.2) is 0 Å². The summed E-state index contributed by atoms with van der Waals surface area (Å²) in [6, 6.07) is 14.8. The smallest absolute Gasteiger partial charge is 0.308 e. The molecule has 0 aliphatic carbocycles. The van der Waals surface area contributed by atoms with Gasteiger partial charge in [-0.05, 0) is 75.2 Å². The SMILES string of the molecule is Cc1cc(C)cc(NC(=O)Nc2ccc(SCc3cc(=O)n4c(ncn4C(C)C)n3)cc2)c1. The van der Waals surface area contributed by atoms with E-state index < -0.39 is 0 Å². The molecule has 9 heteroatoms. The molecule has 170 valence electrons. The van der Waals surface area contributed by atoms with Gasteiger partial charge < -0.3 is 10.6 Å². The zero-order valence-corrected chi connectivity index (χ0v) is 19.8. The Hall–Kier alpha value is -3.59. The molecule has 4 aromatic rings. The van der Waals surface area contributed by atoms with Crippen LogP contribution in [0.15, 0.2) is 64.5 Å². The van der Waals surface area contributed by atoms with Crippen LogP contribution in [0.1, 0.15) is 36.7 Å². The molecule has 0 bridgehead atoms. The second-order valence-electron chi connectivity index (χ2n) is 8.18. The number of nitrogens with one attached hydrogen (secondary N) is 2. The zero-order chi connectivity index (χ0) is 23.5. The number of nitrogens with zero attached hydrogens (tertiary/aromatic N) is 4. The molecule has 0 aliphatic rings. The van der Waals surface area contributed by atoms with Crippen LogP contribution in [0.2, 0.25) is 0 Å². The van der Waals surface area contributed by atoms with Crippen LogP contribution in [-0.2, 0) is 5.75 Å². The van der Waals surface area contributed by atoms with Gasteiger partial charge in [-0.2, -0.15) is 9.50 Å². The van der Waals surface area contributed by atoms with Gasteiger partial charge >= 0.3 is 6.03 Å². The number of amides is 2. The highest BCUT2D eigenvalue weighted by Gasteiger charge is 2.10. The number of anilines is 2. The quantitative estimate of drug-likeness (QED) is 0.392. The summed E-state index contributed by atoms with van der Waals surface area (Å²) in [4.78, 5) is 34.6. The zero-order valence-electron chi connectivity index (χ0n) is 19.0. The first kappa shape index (κ1) is 22.6. The monoisotopic (exact) mass is 462 g/mol. The van der Waals surface area contributed by atoms with Crippen molar-refractivity contribution in [3.8, 4) is 0 Å². The Morgan fingerprint density at radius 1 is 1.00 bits per heavy atom. The van der Waals surface area contributed by atoms with Crippen molar-refractivity contribution in [2.24, 2.45) is 0 Å². The van der Waals surface area contributed by atoms with E-state index in [-0.39, 0.29) is 17.6 Å². The fraction of sp³-hybridized carbons (Fsp3) is 0.250. The number of fused-ring (bicyclic) bond motifs is 1. The lowest BCUT2D eigenvalue weighted by Gasteiger charge is -2.10. The topological polar surface area (TPSA) is 93.3 Å². The van der Waals surface area contributed by atoms with Gasteiger partial charge in [0, 0.05) is 34.1 Å². The molecule has 0 unspecified atom stereocenters. The van der Waals surface area contributed by atoms with Crippen LogP contribution in [-0.4, -0.2) is 25.2 Å². The number of urea groups is 1. The third-order valence-electron chi connectivity index (χ3n) is 4.96. The molecule has 2 amide bonds. The van der Waals surface area contributed by atoms with Gasteiger partial charge in [-0.15, -0.1) is 11.8 Å². The molecule has 2 heterocycles. The molecule has 0 radical (unpaired) electrons. The van der Waals surface area contributed by atoms with Crippen molar-refractivity contribution in [2.75, 3.05) is 10.6 Å². The fourth-order valence-corrected chi connectivity index (χ4v) is 4.33. The van der Waals surface area contributed by atoms with E-state index in [1.165, 1.54) is 4.52 Å². The molecular formula is C24H26N6O2S. The van der Waals surface area contributed by atoms with E-state index in [0.29, 0.717) is 22.9 Å². The van der Waals surface area contributed by atoms with Crippen LogP contribution in [0, 0.1) is 13.8 Å². The van der Waals surface area contributed by atoms with E-state index in [0.717, 1.165) is 21.7 Å². The van der Waals surface area contributed by atoms with Crippen molar-refractivity contribution in [1.29, 1.82) is 0 Å². The maximum absolute atomic E-state index is 12.5. The number of carbonyl (C=O) groups excluding carboxylic acids is 1. The number of rotatable bonds is 6. The van der Waals surface area contributed by atoms with Gasteiger partial charge in [0.05, 0.1) is 5.69 Å². The van der Waals surface area contributed by atoms with E-state index >= 15 is 0 Å². The Kier molecular flexibility index (Phi) is 6.50. The maximum Gasteiger partial charge on any atom is 0.323 e. The largest absolute Gasteiger partial charge is 0.323 e. The normalized spacial score (nSPS) is 11.2. The van der Waals surface area contributed by atoms with E-state index in [1.807, 2.05) is 64.1 Å². The highest BCUT2D eigenvalue weighted by molar-refractivity contribution is 7.98. The van der Waals surface area contributed by atoms with Crippen LogP contribution in [0.3, 0.4) is 0 Å². The summed E-state index contributed by atoms with van der Waals surface area (Å²) < 4.78 is 3.26. The molecular weight excluding hydrogens is 436 g/mol. The molecule has 0 atom stereocenters. The summed E-state index contributed by atoms with van der Waals surface area (Å²) >= 11 is 1.56. The first-order valence-electron chi connectivity index (χ1n) is 10.6. The summed E-state index contributed by atoms with van der Waals surface area (Å²) in [6.07, 6.45) is 1.63. The Bertz CT molecular complexity index is 1340. The van der Waals surface area contributed by atoms with Crippen molar-refractivity contribution < 1.29 is 4.79 Å². The molecule has 8 nitrogen and oxygen atoms in total. The van der Waals surface area contributed by atoms with Crippen molar-refractivity contribution in [3.63, 3.8) is 0 Å². The van der Waals surface area contributed by atoms with E-state index in [1.54, 1.807) is 28.8 Å². The van der Waals surface area contributed by atoms with Crippen LogP contribution in [0.5, 0.6) is 0 Å². The van der Waals surface area contributed by atoms with E-state index in [4.69, 9.17) is 0 Å². The third kappa shape index (κ3) is 5.43. The van der Waals surface area contributed by atoms with Crippen LogP contribution in [0.4, 0.5) is 16.2 Å². The van der Waals surface area contributed by atoms with Crippen LogP contribution in [0.25, 0.3) is 5.78 Å². The number of carbonyl (C=O) groups is 1. The van der Waals surface area contributed by atoms with Gasteiger partial charge in [-0.3, -0.25) is 9.48 Å². The van der Waals surface area contributed by atoms with Gasteiger partial charge in [-0.25, -0.2) is 9.78 Å². The predicted octanol–water partition coefficient (Wildman–Crippen LogP) is 5.03. The molecule has 0 spiro atoms. The molecule has 0 aliphatic heterocycles. The van der Waals surface area contributed by atoms with Crippen molar-refractivity contribution >= 4 is 34.9 Å². The van der Waals surface area contributed by atoms with Crippen molar-refractivity contribution in [1.82, 2.24) is 19.2 Å². The summed E-state index contributed by atoms with van der Waals surface area (Å²) in [7, 11) is 0. The van der Waals surface area contributed by atoms with Crippen molar-refractivity contribution in [3.05, 3.63) is 82.0 Å². The number of hydrogen-bond acceptors (Lipinski definition) is 5. The minimum atomic E-state index is -0.292. The summed E-state index contributed by atoms with van der Waals surface area (Å²) in [6.45, 7) is 7.97. The average Bonchev–Trinajstić information content (AvgIpc) is 3.17. The Balaban J connectivity index is 1.37. The lowest BCUT2D eigenvalue weighted by Crippen LogP contribution is -2.22. The Labute approximate surface area is 196 Å². The number of thioether (sulfide) groups is 1. The highest BCUT2D eigenvalue weighted by atomic mass is 32.2. The molecule has 0 fully saturated rings. The highest BCUT2D eigenvalue weighted by Crippen LogP contribution is 2.24. The fourth-order valence-electron chi connectivity index (χ4n) is 3.54. The standard InChI is InChI=1S/C24H26N6O2S/c1-15(2)29-14-25-23-26-20(12-22(31)30(23)29)13-33-21-7-5-18(6-8-21)27-24(32)28-19-10-16(3)9-17(4)11-19/h5-12,14-15H,13H2,1-4H3,(H2,27,28,32). The van der Waals surface area contributed by atoms with Gasteiger partial charge in [0.2, 0.25) is 0 Å². The minimum Gasteiger partial charge on any atom is -0.308 e. The van der Waals surface area contributed by atoms with Crippen LogP contribution >= 0.6 is 11.8 Å². The van der Waals surface area contributed by atoms with Gasteiger partial charge in [0.25, 0.3) is 11.3 Å². The number of aromatic nitrogens is 4. The second kappa shape index (κ2) is 9.50. The lowest BCUT2D eigenvalue weighted by atomic mass is 10.1. The molecule has 2 aromatic heterocycles. The number of aryl methyl sites for hydroxylation is 2. The molecule has 33 heavy (non-hydrogen) atoms. The molecule has 2 aromatic carbocycles. The first-order chi connectivity index (χ1) is 15.8. The molecule has 0 saturated carbocycles. The summed E-state index contributed by atoms with van der Waals surface area (Å²) in [5.74, 6) is 0.946. The summed E-state index contributed by atoms with van der Waals surface area (Å²) in [5.41, 5.74) is 4.17. The predicted molar refractivity (Wildman–Crippen MR) is 132 cm³/mol.